The Labute approximate surface area is 152 Å². The van der Waals surface area contributed by atoms with E-state index < -0.39 is 15.8 Å². The number of ether oxygens (including phenoxy) is 1. The number of nitrogens with one attached hydrogen (secondary N) is 1. The van der Waals surface area contributed by atoms with E-state index in [1.54, 1.807) is 31.2 Å². The molecular formula is C20H18FNO3S. The Morgan fingerprint density at radius 1 is 0.846 bits per heavy atom. The van der Waals surface area contributed by atoms with E-state index in [1.807, 2.05) is 31.2 Å². The van der Waals surface area contributed by atoms with Gasteiger partial charge in [-0.05, 0) is 67.9 Å². The molecule has 1 N–H and O–H groups in total. The van der Waals surface area contributed by atoms with Gasteiger partial charge in [0, 0.05) is 5.69 Å². The van der Waals surface area contributed by atoms with Gasteiger partial charge >= 0.3 is 0 Å². The fraction of sp³-hybridized carbons (Fsp3) is 0.100. The van der Waals surface area contributed by atoms with E-state index in [4.69, 9.17) is 4.74 Å². The Morgan fingerprint density at radius 2 is 1.42 bits per heavy atom. The van der Waals surface area contributed by atoms with E-state index >= 15 is 0 Å². The molecule has 0 saturated heterocycles. The average molecular weight is 371 g/mol. The first-order chi connectivity index (χ1) is 12.3. The number of hydrogen-bond donors (Lipinski definition) is 1. The molecule has 0 saturated carbocycles. The number of aryl methyl sites for hydroxylation is 2. The van der Waals surface area contributed by atoms with Crippen LogP contribution < -0.4 is 9.46 Å². The zero-order valence-corrected chi connectivity index (χ0v) is 15.2. The van der Waals surface area contributed by atoms with Gasteiger partial charge in [0.2, 0.25) is 0 Å². The maximum Gasteiger partial charge on any atom is 0.262 e. The second kappa shape index (κ2) is 7.17. The van der Waals surface area contributed by atoms with E-state index in [9.17, 15) is 12.8 Å². The maximum absolute atomic E-state index is 13.4. The second-order valence-corrected chi connectivity index (χ2v) is 7.61. The maximum atomic E-state index is 13.4. The molecule has 0 unspecified atom stereocenters. The Kier molecular flexibility index (Phi) is 4.95. The van der Waals surface area contributed by atoms with Crippen LogP contribution in [0, 0.1) is 19.7 Å². The fourth-order valence-corrected chi connectivity index (χ4v) is 3.72. The van der Waals surface area contributed by atoms with Gasteiger partial charge in [-0.25, -0.2) is 12.8 Å². The number of sulfonamides is 1. The van der Waals surface area contributed by atoms with E-state index in [0.717, 1.165) is 11.6 Å². The first-order valence-corrected chi connectivity index (χ1v) is 9.45. The van der Waals surface area contributed by atoms with Crippen LogP contribution in [0.1, 0.15) is 11.1 Å². The zero-order chi connectivity index (χ0) is 18.7. The smallest absolute Gasteiger partial charge is 0.262 e. The molecule has 0 heterocycles. The Hall–Kier alpha value is -2.86. The van der Waals surface area contributed by atoms with Crippen LogP contribution in [0.25, 0.3) is 0 Å². The van der Waals surface area contributed by atoms with E-state index in [1.165, 1.54) is 12.1 Å². The molecule has 0 bridgehead atoms. The Bertz CT molecular complexity index is 1010. The van der Waals surface area contributed by atoms with Gasteiger partial charge in [0.15, 0.2) is 0 Å². The summed E-state index contributed by atoms with van der Waals surface area (Å²) in [6.45, 7) is 3.61. The first-order valence-electron chi connectivity index (χ1n) is 7.97. The molecule has 0 aliphatic carbocycles. The summed E-state index contributed by atoms with van der Waals surface area (Å²) in [7, 11) is -3.87. The molecule has 0 aliphatic rings. The number of halogens is 1. The summed E-state index contributed by atoms with van der Waals surface area (Å²) in [5, 5.41) is 0. The third-order valence-corrected chi connectivity index (χ3v) is 5.33. The Morgan fingerprint density at radius 3 is 2.04 bits per heavy atom. The minimum absolute atomic E-state index is 0.0857. The molecule has 4 nitrogen and oxygen atoms in total. The molecule has 0 spiro atoms. The number of benzene rings is 3. The molecule has 3 rings (SSSR count). The molecule has 0 amide bonds. The van der Waals surface area contributed by atoms with Gasteiger partial charge < -0.3 is 4.74 Å². The molecule has 26 heavy (non-hydrogen) atoms. The van der Waals surface area contributed by atoms with Gasteiger partial charge in [-0.15, -0.1) is 0 Å². The number of hydrogen-bond acceptors (Lipinski definition) is 3. The predicted octanol–water partition coefficient (Wildman–Crippen LogP) is 5.04. The Balaban J connectivity index is 1.76. The van der Waals surface area contributed by atoms with Gasteiger partial charge in [0.1, 0.15) is 17.3 Å². The SMILES string of the molecule is Cc1ccc(Oc2ccc(NS(=O)(=O)c3cc(F)ccc3C)cc2)cc1. The lowest BCUT2D eigenvalue weighted by atomic mass is 10.2. The number of anilines is 1. The summed E-state index contributed by atoms with van der Waals surface area (Å²) in [5.41, 5.74) is 1.97. The second-order valence-electron chi connectivity index (χ2n) is 5.95. The highest BCUT2D eigenvalue weighted by molar-refractivity contribution is 7.92. The van der Waals surface area contributed by atoms with Gasteiger partial charge in [-0.3, -0.25) is 4.72 Å². The summed E-state index contributed by atoms with van der Waals surface area (Å²) in [5.74, 6) is 0.677. The van der Waals surface area contributed by atoms with Gasteiger partial charge in [-0.2, -0.15) is 0 Å². The largest absolute Gasteiger partial charge is 0.457 e. The molecule has 3 aromatic rings. The van der Waals surface area contributed by atoms with Crippen molar-refractivity contribution in [3.05, 3.63) is 83.7 Å². The van der Waals surface area contributed by atoms with Gasteiger partial charge in [-0.1, -0.05) is 23.8 Å². The molecule has 0 atom stereocenters. The van der Waals surface area contributed by atoms with Gasteiger partial charge in [0.05, 0.1) is 4.90 Å². The lowest BCUT2D eigenvalue weighted by Crippen LogP contribution is -2.14. The van der Waals surface area contributed by atoms with E-state index in [-0.39, 0.29) is 4.90 Å². The van der Waals surface area contributed by atoms with Crippen LogP contribution in [-0.2, 0) is 10.0 Å². The van der Waals surface area contributed by atoms with Crippen LogP contribution in [0.3, 0.4) is 0 Å². The van der Waals surface area contributed by atoms with Crippen LogP contribution in [-0.4, -0.2) is 8.42 Å². The van der Waals surface area contributed by atoms with Crippen molar-refractivity contribution < 1.29 is 17.5 Å². The molecule has 3 aromatic carbocycles. The highest BCUT2D eigenvalue weighted by Crippen LogP contribution is 2.25. The summed E-state index contributed by atoms with van der Waals surface area (Å²) in [6.07, 6.45) is 0. The predicted molar refractivity (Wildman–Crippen MR) is 99.6 cm³/mol. The first kappa shape index (κ1) is 17.9. The molecule has 6 heteroatoms. The standard InChI is InChI=1S/C20H18FNO3S/c1-14-3-9-18(10-4-14)25-19-11-7-17(8-12-19)22-26(23,24)20-13-16(21)6-5-15(20)2/h3-13,22H,1-2H3. The van der Waals surface area contributed by atoms with Crippen molar-refractivity contribution in [2.24, 2.45) is 0 Å². The minimum atomic E-state index is -3.87. The van der Waals surface area contributed by atoms with E-state index in [0.29, 0.717) is 22.7 Å². The van der Waals surface area contributed by atoms with Crippen molar-refractivity contribution in [2.75, 3.05) is 4.72 Å². The van der Waals surface area contributed by atoms with Crippen molar-refractivity contribution >= 4 is 15.7 Å². The summed E-state index contributed by atoms with van der Waals surface area (Å²) in [4.78, 5) is -0.0857. The van der Waals surface area contributed by atoms with Crippen molar-refractivity contribution in [3.63, 3.8) is 0 Å². The number of rotatable bonds is 5. The monoisotopic (exact) mass is 371 g/mol. The summed E-state index contributed by atoms with van der Waals surface area (Å²) in [6, 6.07) is 17.8. The molecule has 134 valence electrons. The zero-order valence-electron chi connectivity index (χ0n) is 14.4. The highest BCUT2D eigenvalue weighted by atomic mass is 32.2. The lowest BCUT2D eigenvalue weighted by molar-refractivity contribution is 0.482. The van der Waals surface area contributed by atoms with E-state index in [2.05, 4.69) is 4.72 Å². The minimum Gasteiger partial charge on any atom is -0.457 e. The van der Waals surface area contributed by atoms with Crippen LogP contribution in [0.4, 0.5) is 10.1 Å². The summed E-state index contributed by atoms with van der Waals surface area (Å²) < 4.78 is 46.5. The van der Waals surface area contributed by atoms with Crippen molar-refractivity contribution in [3.8, 4) is 11.5 Å². The van der Waals surface area contributed by atoms with Crippen LogP contribution in [0.15, 0.2) is 71.6 Å². The molecule has 0 aliphatic heterocycles. The van der Waals surface area contributed by atoms with Crippen molar-refractivity contribution in [1.29, 1.82) is 0 Å². The summed E-state index contributed by atoms with van der Waals surface area (Å²) >= 11 is 0. The molecule has 0 fully saturated rings. The highest BCUT2D eigenvalue weighted by Gasteiger charge is 2.17. The third kappa shape index (κ3) is 4.21. The van der Waals surface area contributed by atoms with Crippen molar-refractivity contribution in [2.45, 2.75) is 18.7 Å². The van der Waals surface area contributed by atoms with Crippen LogP contribution >= 0.6 is 0 Å². The fourth-order valence-electron chi connectivity index (χ4n) is 2.41. The third-order valence-electron chi connectivity index (χ3n) is 3.80. The molecule has 0 aromatic heterocycles. The van der Waals surface area contributed by atoms with Crippen LogP contribution in [0.5, 0.6) is 11.5 Å². The lowest BCUT2D eigenvalue weighted by Gasteiger charge is -2.11. The average Bonchev–Trinajstić information content (AvgIpc) is 2.60. The van der Waals surface area contributed by atoms with Gasteiger partial charge in [0.25, 0.3) is 10.0 Å². The topological polar surface area (TPSA) is 55.4 Å². The quantitative estimate of drug-likeness (QED) is 0.684. The molecule has 0 radical (unpaired) electrons. The van der Waals surface area contributed by atoms with Crippen molar-refractivity contribution in [1.82, 2.24) is 0 Å². The normalized spacial score (nSPS) is 11.2. The van der Waals surface area contributed by atoms with Crippen LogP contribution in [0.2, 0.25) is 0 Å². The molecular weight excluding hydrogens is 353 g/mol.